The molecule has 0 fully saturated rings. The first kappa shape index (κ1) is 17.1. The van der Waals surface area contributed by atoms with Crippen LogP contribution >= 0.6 is 0 Å². The van der Waals surface area contributed by atoms with E-state index >= 15 is 0 Å². The molecule has 0 atom stereocenters. The van der Waals surface area contributed by atoms with Crippen LogP contribution in [0.2, 0.25) is 0 Å². The Kier molecular flexibility index (Phi) is 4.57. The van der Waals surface area contributed by atoms with Gasteiger partial charge in [0.25, 0.3) is 5.91 Å². The van der Waals surface area contributed by atoms with E-state index in [-0.39, 0.29) is 5.69 Å². The van der Waals surface area contributed by atoms with Crippen molar-refractivity contribution in [2.75, 3.05) is 6.54 Å². The van der Waals surface area contributed by atoms with Gasteiger partial charge in [0.15, 0.2) is 5.69 Å². The number of aromatic nitrogens is 3. The topological polar surface area (TPSA) is 77.3 Å². The van der Waals surface area contributed by atoms with Crippen molar-refractivity contribution in [2.45, 2.75) is 45.8 Å². The quantitative estimate of drug-likeness (QED) is 0.838. The Labute approximate surface area is 146 Å². The molecule has 0 aliphatic carbocycles. The maximum absolute atomic E-state index is 12.7. The maximum atomic E-state index is 12.7. The Hall–Kier alpha value is -2.70. The molecular formula is C18H22N4O3. The number of carbonyl (C=O) groups excluding carboxylic acids is 2. The van der Waals surface area contributed by atoms with Crippen molar-refractivity contribution in [3.8, 4) is 0 Å². The molecule has 0 spiro atoms. The van der Waals surface area contributed by atoms with Gasteiger partial charge < -0.3 is 4.74 Å². The van der Waals surface area contributed by atoms with E-state index < -0.39 is 17.6 Å². The molecule has 7 heteroatoms. The number of ether oxygens (including phenoxy) is 1. The molecule has 3 rings (SSSR count). The summed E-state index contributed by atoms with van der Waals surface area (Å²) in [5.74, 6) is -0.443. The smallest absolute Gasteiger partial charge is 0.417 e. The number of carbonyl (C=O) groups is 2. The van der Waals surface area contributed by atoms with Crippen LogP contribution in [0.1, 0.15) is 48.9 Å². The Morgan fingerprint density at radius 3 is 2.64 bits per heavy atom. The Balaban J connectivity index is 1.83. The molecule has 1 aromatic heterocycles. The first-order valence-electron chi connectivity index (χ1n) is 8.36. The molecule has 1 aliphatic heterocycles. The molecule has 2 aromatic rings. The number of fused-ring (bicyclic) bond motifs is 1. The van der Waals surface area contributed by atoms with Crippen molar-refractivity contribution in [1.82, 2.24) is 19.9 Å². The fourth-order valence-electron chi connectivity index (χ4n) is 2.75. The lowest BCUT2D eigenvalue weighted by atomic mass is 10.2. The van der Waals surface area contributed by atoms with Crippen molar-refractivity contribution in [3.63, 3.8) is 0 Å². The summed E-state index contributed by atoms with van der Waals surface area (Å²) in [7, 11) is 0. The first-order chi connectivity index (χ1) is 11.8. The van der Waals surface area contributed by atoms with Gasteiger partial charge >= 0.3 is 6.09 Å². The lowest BCUT2D eigenvalue weighted by molar-refractivity contribution is 0.0242. The third-order valence-electron chi connectivity index (χ3n) is 3.87. The van der Waals surface area contributed by atoms with Crippen LogP contribution in [0.5, 0.6) is 0 Å². The van der Waals surface area contributed by atoms with Gasteiger partial charge in [-0.15, -0.1) is 5.10 Å². The third-order valence-corrected chi connectivity index (χ3v) is 3.87. The zero-order valence-electron chi connectivity index (χ0n) is 14.7. The van der Waals surface area contributed by atoms with Crippen LogP contribution < -0.4 is 0 Å². The molecule has 0 unspecified atom stereocenters. The zero-order valence-corrected chi connectivity index (χ0v) is 14.7. The highest BCUT2D eigenvalue weighted by Crippen LogP contribution is 2.20. The van der Waals surface area contributed by atoms with E-state index in [1.807, 2.05) is 30.3 Å². The second-order valence-electron chi connectivity index (χ2n) is 7.07. The van der Waals surface area contributed by atoms with E-state index in [1.165, 1.54) is 0 Å². The van der Waals surface area contributed by atoms with Crippen molar-refractivity contribution in [2.24, 2.45) is 0 Å². The van der Waals surface area contributed by atoms with Crippen LogP contribution in [-0.4, -0.2) is 44.0 Å². The van der Waals surface area contributed by atoms with E-state index in [0.717, 1.165) is 16.2 Å². The van der Waals surface area contributed by atoms with Crippen LogP contribution in [0.25, 0.3) is 0 Å². The van der Waals surface area contributed by atoms with Crippen molar-refractivity contribution in [1.29, 1.82) is 0 Å². The molecule has 7 nitrogen and oxygen atoms in total. The van der Waals surface area contributed by atoms with Gasteiger partial charge in [-0.1, -0.05) is 35.5 Å². The van der Waals surface area contributed by atoms with Gasteiger partial charge in [-0.2, -0.15) is 0 Å². The molecule has 2 heterocycles. The van der Waals surface area contributed by atoms with Crippen LogP contribution in [0.3, 0.4) is 0 Å². The molecular weight excluding hydrogens is 320 g/mol. The van der Waals surface area contributed by atoms with Gasteiger partial charge in [0.1, 0.15) is 5.60 Å². The summed E-state index contributed by atoms with van der Waals surface area (Å²) in [5.41, 5.74) is 1.42. The van der Waals surface area contributed by atoms with E-state index in [2.05, 4.69) is 10.3 Å². The van der Waals surface area contributed by atoms with Crippen LogP contribution in [0.4, 0.5) is 4.79 Å². The van der Waals surface area contributed by atoms with Crippen molar-refractivity contribution < 1.29 is 14.3 Å². The predicted octanol–water partition coefficient (Wildman–Crippen LogP) is 2.65. The highest BCUT2D eigenvalue weighted by atomic mass is 16.6. The second-order valence-corrected chi connectivity index (χ2v) is 7.07. The van der Waals surface area contributed by atoms with Gasteiger partial charge in [0.05, 0.1) is 12.2 Å². The summed E-state index contributed by atoms with van der Waals surface area (Å²) in [6.45, 7) is 6.18. The molecule has 2 amide bonds. The number of amides is 2. The largest absolute Gasteiger partial charge is 0.443 e. The number of hydrogen-bond acceptors (Lipinski definition) is 5. The molecule has 1 aliphatic rings. The minimum Gasteiger partial charge on any atom is -0.443 e. The second kappa shape index (κ2) is 6.66. The van der Waals surface area contributed by atoms with Gasteiger partial charge in [0, 0.05) is 6.54 Å². The van der Waals surface area contributed by atoms with Gasteiger partial charge in [0.2, 0.25) is 0 Å². The minimum atomic E-state index is -0.655. The maximum Gasteiger partial charge on any atom is 0.417 e. The van der Waals surface area contributed by atoms with E-state index in [4.69, 9.17) is 4.74 Å². The van der Waals surface area contributed by atoms with Crippen LogP contribution in [-0.2, 0) is 17.7 Å². The van der Waals surface area contributed by atoms with E-state index in [0.29, 0.717) is 25.9 Å². The van der Waals surface area contributed by atoms with Gasteiger partial charge in [-0.25, -0.2) is 14.4 Å². The number of hydrogen-bond donors (Lipinski definition) is 0. The predicted molar refractivity (Wildman–Crippen MR) is 91.2 cm³/mol. The standard InChI is InChI=1S/C18H22N4O3/c1-18(2,3)25-17(24)21-11-7-10-14-15(16(21)23)19-20-22(14)12-13-8-5-4-6-9-13/h4-6,8-9H,7,10-12H2,1-3H3. The third kappa shape index (κ3) is 3.87. The number of rotatable bonds is 2. The molecule has 0 saturated carbocycles. The minimum absolute atomic E-state index is 0.235. The molecule has 25 heavy (non-hydrogen) atoms. The molecule has 132 valence electrons. The Morgan fingerprint density at radius 2 is 1.96 bits per heavy atom. The zero-order chi connectivity index (χ0) is 18.0. The van der Waals surface area contributed by atoms with Crippen LogP contribution in [0.15, 0.2) is 30.3 Å². The summed E-state index contributed by atoms with van der Waals surface area (Å²) in [6.07, 6.45) is 0.656. The Bertz CT molecular complexity index is 777. The van der Waals surface area contributed by atoms with Gasteiger partial charge in [-0.3, -0.25) is 4.79 Å². The average Bonchev–Trinajstić information content (AvgIpc) is 2.84. The number of imide groups is 1. The number of benzene rings is 1. The number of nitrogens with zero attached hydrogens (tertiary/aromatic N) is 4. The molecule has 1 aromatic carbocycles. The highest BCUT2D eigenvalue weighted by molar-refractivity contribution is 6.02. The first-order valence-corrected chi connectivity index (χ1v) is 8.36. The summed E-state index contributed by atoms with van der Waals surface area (Å²) in [6, 6.07) is 9.87. The SMILES string of the molecule is CC(C)(C)OC(=O)N1CCCc2c(nnn2Cc2ccccc2)C1=O. The Morgan fingerprint density at radius 1 is 1.24 bits per heavy atom. The summed E-state index contributed by atoms with van der Waals surface area (Å²) in [4.78, 5) is 26.2. The normalized spacial score (nSPS) is 14.8. The summed E-state index contributed by atoms with van der Waals surface area (Å²) < 4.78 is 7.07. The molecule has 0 radical (unpaired) electrons. The van der Waals surface area contributed by atoms with E-state index in [1.54, 1.807) is 25.5 Å². The average molecular weight is 342 g/mol. The van der Waals surface area contributed by atoms with Gasteiger partial charge in [-0.05, 0) is 39.2 Å². The monoisotopic (exact) mass is 342 g/mol. The van der Waals surface area contributed by atoms with E-state index in [9.17, 15) is 9.59 Å². The van der Waals surface area contributed by atoms with Crippen molar-refractivity contribution >= 4 is 12.0 Å². The highest BCUT2D eigenvalue weighted by Gasteiger charge is 2.34. The fraction of sp³-hybridized carbons (Fsp3) is 0.444. The lowest BCUT2D eigenvalue weighted by Crippen LogP contribution is -2.41. The lowest BCUT2D eigenvalue weighted by Gasteiger charge is -2.24. The molecule has 0 N–H and O–H groups in total. The fourth-order valence-corrected chi connectivity index (χ4v) is 2.75. The molecule has 0 saturated heterocycles. The summed E-state index contributed by atoms with van der Waals surface area (Å²) in [5, 5.41) is 8.16. The molecule has 0 bridgehead atoms. The summed E-state index contributed by atoms with van der Waals surface area (Å²) >= 11 is 0. The van der Waals surface area contributed by atoms with Crippen molar-refractivity contribution in [3.05, 3.63) is 47.3 Å². The van der Waals surface area contributed by atoms with Crippen LogP contribution in [0, 0.1) is 0 Å².